The van der Waals surface area contributed by atoms with E-state index in [2.05, 4.69) is 325 Å². The first kappa shape index (κ1) is 55.2. The number of fused-ring (bicyclic) bond motifs is 9. The molecule has 0 fully saturated rings. The molecule has 0 aliphatic rings. The molecule has 6 aromatic heterocycles. The van der Waals surface area contributed by atoms with E-state index in [1.165, 1.54) is 11.1 Å². The maximum atomic E-state index is 5.94. The zero-order valence-corrected chi connectivity index (χ0v) is 52.1. The molecule has 0 aliphatic heterocycles. The van der Waals surface area contributed by atoms with Crippen LogP contribution in [0.25, 0.3) is 173 Å². The Kier molecular flexibility index (Phi) is 13.2. The van der Waals surface area contributed by atoms with Crippen LogP contribution in [0.2, 0.25) is 0 Å². The van der Waals surface area contributed by atoms with Crippen molar-refractivity contribution in [2.24, 2.45) is 0 Å². The monoisotopic (exact) mass is 1210 g/mol. The van der Waals surface area contributed by atoms with Gasteiger partial charge in [0.15, 0.2) is 11.6 Å². The van der Waals surface area contributed by atoms with Crippen molar-refractivity contribution in [3.63, 3.8) is 0 Å². The third-order valence-electron chi connectivity index (χ3n) is 18.6. The average Bonchev–Trinajstić information content (AvgIpc) is 1.58. The van der Waals surface area contributed by atoms with Crippen molar-refractivity contribution in [1.29, 1.82) is 0 Å². The highest BCUT2D eigenvalue weighted by atomic mass is 15.1. The molecule has 0 saturated heterocycles. The van der Waals surface area contributed by atoms with E-state index in [9.17, 15) is 0 Å². The van der Waals surface area contributed by atoms with E-state index in [0.717, 1.165) is 161 Å². The van der Waals surface area contributed by atoms with Crippen LogP contribution in [0.5, 0.6) is 0 Å². The zero-order chi connectivity index (χ0) is 63.1. The second-order valence-electron chi connectivity index (χ2n) is 24.5. The molecular formula is C87H58N8. The van der Waals surface area contributed by atoms with Gasteiger partial charge in [0.25, 0.3) is 0 Å². The molecule has 8 heteroatoms. The molecule has 446 valence electrons. The average molecular weight is 1220 g/mol. The Bertz CT molecular complexity index is 5650. The lowest BCUT2D eigenvalue weighted by atomic mass is 9.94. The molecule has 95 heavy (non-hydrogen) atoms. The molecule has 0 spiro atoms. The van der Waals surface area contributed by atoms with Gasteiger partial charge in [0.1, 0.15) is 0 Å². The molecule has 0 N–H and O–H groups in total. The standard InChI is InChI=1S/C87H58N8/c1-55-43-46-78-66(49-55)63-35-18-21-40-75(63)93(78)81-54-82(94-76-41-22-19-36-64(76)67-50-56(2)44-47-79(67)94)84(74-53-72(59-29-12-5-13-30-59)90-87(92-74)61-33-16-7-17-34-61)85(83(81)73-52-71(58-27-10-4-11-28-58)89-86(91-73)60-31-14-6-15-32-60)95-77-42-23-20-37-65(77)68-51-62(45-48-80(68)95)70-39-24-38-69(88-70)57-25-8-3-9-26-57/h3-54H,1-2H3. The van der Waals surface area contributed by atoms with Gasteiger partial charge in [-0.15, -0.1) is 0 Å². The number of pyridine rings is 1. The largest absolute Gasteiger partial charge is 0.308 e. The molecule has 18 aromatic rings. The lowest BCUT2D eigenvalue weighted by Gasteiger charge is -2.27. The Morgan fingerprint density at radius 1 is 0.211 bits per heavy atom. The fourth-order valence-corrected chi connectivity index (χ4v) is 14.3. The van der Waals surface area contributed by atoms with Gasteiger partial charge in [-0.05, 0) is 98.8 Å². The van der Waals surface area contributed by atoms with Gasteiger partial charge in [0.2, 0.25) is 0 Å². The van der Waals surface area contributed by atoms with Crippen molar-refractivity contribution in [2.75, 3.05) is 0 Å². The molecule has 8 nitrogen and oxygen atoms in total. The molecule has 0 aliphatic carbocycles. The third kappa shape index (κ3) is 9.41. The van der Waals surface area contributed by atoms with Crippen LogP contribution in [0.1, 0.15) is 11.1 Å². The van der Waals surface area contributed by atoms with Gasteiger partial charge in [-0.25, -0.2) is 24.9 Å². The highest BCUT2D eigenvalue weighted by Gasteiger charge is 2.32. The van der Waals surface area contributed by atoms with Crippen molar-refractivity contribution in [3.05, 3.63) is 327 Å². The smallest absolute Gasteiger partial charge is 0.160 e. The van der Waals surface area contributed by atoms with Crippen LogP contribution in [0.4, 0.5) is 0 Å². The number of para-hydroxylation sites is 3. The number of nitrogens with zero attached hydrogens (tertiary/aromatic N) is 8. The van der Waals surface area contributed by atoms with Gasteiger partial charge in [-0.2, -0.15) is 0 Å². The molecule has 0 saturated carbocycles. The summed E-state index contributed by atoms with van der Waals surface area (Å²) < 4.78 is 7.49. The fraction of sp³-hybridized carbons (Fsp3) is 0.0230. The second kappa shape index (κ2) is 22.6. The van der Waals surface area contributed by atoms with Gasteiger partial charge in [-0.3, -0.25) is 0 Å². The summed E-state index contributed by atoms with van der Waals surface area (Å²) in [5, 5.41) is 6.70. The SMILES string of the molecule is Cc1ccc2c(c1)c1ccccc1n2-c1cc(-n2c3ccccc3c3cc(C)ccc32)c(-c2cc(-c3ccccc3)nc(-c3ccccc3)n2)c(-n2c3ccccc3c3cc(-c4cccc(-c5ccccc5)n4)ccc32)c1-c1cc(-c2ccccc2)nc(-c2ccccc2)n1. The van der Waals surface area contributed by atoms with Crippen molar-refractivity contribution < 1.29 is 0 Å². The van der Waals surface area contributed by atoms with E-state index < -0.39 is 0 Å². The van der Waals surface area contributed by atoms with E-state index >= 15 is 0 Å². The summed E-state index contributed by atoms with van der Waals surface area (Å²) in [6.07, 6.45) is 0. The molecule has 0 amide bonds. The van der Waals surface area contributed by atoms with Crippen molar-refractivity contribution in [1.82, 2.24) is 38.6 Å². The highest BCUT2D eigenvalue weighted by molar-refractivity contribution is 6.16. The quantitative estimate of drug-likeness (QED) is 0.129. The first-order chi connectivity index (χ1) is 46.9. The highest BCUT2D eigenvalue weighted by Crippen LogP contribution is 2.51. The van der Waals surface area contributed by atoms with Crippen molar-refractivity contribution in [2.45, 2.75) is 13.8 Å². The molecular weight excluding hydrogens is 1160 g/mol. The van der Waals surface area contributed by atoms with Crippen molar-refractivity contribution in [3.8, 4) is 107 Å². The third-order valence-corrected chi connectivity index (χ3v) is 18.6. The maximum Gasteiger partial charge on any atom is 0.160 e. The van der Waals surface area contributed by atoms with Crippen molar-refractivity contribution >= 4 is 65.4 Å². The Balaban J connectivity index is 1.10. The van der Waals surface area contributed by atoms with Crippen LogP contribution in [0, 0.1) is 13.8 Å². The molecule has 0 atom stereocenters. The summed E-state index contributed by atoms with van der Waals surface area (Å²) in [7, 11) is 0. The van der Waals surface area contributed by atoms with E-state index in [4.69, 9.17) is 24.9 Å². The summed E-state index contributed by atoms with van der Waals surface area (Å²) in [6.45, 7) is 4.36. The molecule has 0 radical (unpaired) electrons. The number of aryl methyl sites for hydroxylation is 2. The molecule has 6 heterocycles. The summed E-state index contributed by atoms with van der Waals surface area (Å²) in [6, 6.07) is 112. The Hall–Kier alpha value is -12.7. The Labute approximate surface area is 548 Å². The molecule has 0 bridgehead atoms. The first-order valence-corrected chi connectivity index (χ1v) is 32.2. The molecule has 18 rings (SSSR count). The predicted octanol–water partition coefficient (Wildman–Crippen LogP) is 21.9. The van der Waals surface area contributed by atoms with Crippen LogP contribution in [-0.4, -0.2) is 38.6 Å². The maximum absolute atomic E-state index is 5.94. The van der Waals surface area contributed by atoms with Gasteiger partial charge in [0.05, 0.1) is 84.3 Å². The number of rotatable bonds is 11. The Morgan fingerprint density at radius 2 is 0.547 bits per heavy atom. The van der Waals surface area contributed by atoms with Gasteiger partial charge >= 0.3 is 0 Å². The van der Waals surface area contributed by atoms with Crippen LogP contribution in [0.3, 0.4) is 0 Å². The predicted molar refractivity (Wildman–Crippen MR) is 391 cm³/mol. The van der Waals surface area contributed by atoms with Crippen LogP contribution in [-0.2, 0) is 0 Å². The lowest BCUT2D eigenvalue weighted by molar-refractivity contribution is 1.08. The zero-order valence-electron chi connectivity index (χ0n) is 52.1. The number of aromatic nitrogens is 8. The molecule has 12 aromatic carbocycles. The van der Waals surface area contributed by atoms with Gasteiger partial charge in [-0.1, -0.05) is 242 Å². The van der Waals surface area contributed by atoms with Crippen LogP contribution >= 0.6 is 0 Å². The fourth-order valence-electron chi connectivity index (χ4n) is 14.3. The number of benzene rings is 12. The minimum atomic E-state index is 0.594. The van der Waals surface area contributed by atoms with Gasteiger partial charge in [0, 0.05) is 76.8 Å². The minimum absolute atomic E-state index is 0.594. The van der Waals surface area contributed by atoms with E-state index in [1.807, 2.05) is 18.2 Å². The summed E-state index contributed by atoms with van der Waals surface area (Å²) in [4.78, 5) is 28.3. The van der Waals surface area contributed by atoms with E-state index in [-0.39, 0.29) is 0 Å². The normalized spacial score (nSPS) is 11.7. The van der Waals surface area contributed by atoms with Crippen LogP contribution in [0.15, 0.2) is 315 Å². The minimum Gasteiger partial charge on any atom is -0.308 e. The summed E-state index contributed by atoms with van der Waals surface area (Å²) in [5.74, 6) is 1.19. The number of hydrogen-bond acceptors (Lipinski definition) is 5. The summed E-state index contributed by atoms with van der Waals surface area (Å²) in [5.41, 5.74) is 23.5. The molecule has 0 unspecified atom stereocenters. The Morgan fingerprint density at radius 3 is 1.00 bits per heavy atom. The van der Waals surface area contributed by atoms with E-state index in [1.54, 1.807) is 0 Å². The topological polar surface area (TPSA) is 79.2 Å². The van der Waals surface area contributed by atoms with E-state index in [0.29, 0.717) is 11.6 Å². The number of hydrogen-bond donors (Lipinski definition) is 0. The van der Waals surface area contributed by atoms with Gasteiger partial charge < -0.3 is 13.7 Å². The second-order valence-corrected chi connectivity index (χ2v) is 24.5. The summed E-state index contributed by atoms with van der Waals surface area (Å²) >= 11 is 0. The van der Waals surface area contributed by atoms with Crippen LogP contribution < -0.4 is 0 Å². The lowest BCUT2D eigenvalue weighted by Crippen LogP contribution is -2.12. The first-order valence-electron chi connectivity index (χ1n) is 32.2.